The highest BCUT2D eigenvalue weighted by atomic mass is 127. The molecule has 0 saturated heterocycles. The van der Waals surface area contributed by atoms with Crippen molar-refractivity contribution in [3.63, 3.8) is 0 Å². The van der Waals surface area contributed by atoms with Crippen molar-refractivity contribution in [2.24, 2.45) is 0 Å². The van der Waals surface area contributed by atoms with Gasteiger partial charge in [-0.15, -0.1) is 0 Å². The number of esters is 1. The van der Waals surface area contributed by atoms with Crippen molar-refractivity contribution in [3.8, 4) is 0 Å². The van der Waals surface area contributed by atoms with Gasteiger partial charge in [0.1, 0.15) is 0 Å². The van der Waals surface area contributed by atoms with Gasteiger partial charge in [0, 0.05) is 12.8 Å². The number of rotatable bonds is 1. The molecule has 0 amide bonds. The fourth-order valence-electron chi connectivity index (χ4n) is 0.911. The molecule has 0 spiro atoms. The minimum atomic E-state index is -0.390. The number of hydrogen-bond acceptors (Lipinski definition) is 3. The fourth-order valence-corrected chi connectivity index (χ4v) is 3.02. The fraction of sp³-hybridized carbons (Fsp3) is 0.125. The van der Waals surface area contributed by atoms with E-state index in [0.29, 0.717) is 11.3 Å². The monoisotopic (exact) mass is 403 g/mol. The lowest BCUT2D eigenvalue weighted by molar-refractivity contribution is 0.0601. The third-order valence-electron chi connectivity index (χ3n) is 1.48. The molecule has 0 radical (unpaired) electrons. The molecule has 1 rings (SSSR count). The molecule has 3 nitrogen and oxygen atoms in total. The van der Waals surface area contributed by atoms with Gasteiger partial charge in [-0.05, 0) is 57.3 Å². The second-order valence-corrected chi connectivity index (χ2v) is 4.75. The van der Waals surface area contributed by atoms with Crippen LogP contribution in [0.5, 0.6) is 0 Å². The number of nitrogen functional groups attached to an aromatic ring is 1. The van der Waals surface area contributed by atoms with Gasteiger partial charge in [0.05, 0.1) is 12.7 Å². The van der Waals surface area contributed by atoms with E-state index < -0.39 is 5.97 Å². The number of hydrogen-bond donors (Lipinski definition) is 1. The highest BCUT2D eigenvalue weighted by molar-refractivity contribution is 14.1. The van der Waals surface area contributed by atoms with Gasteiger partial charge in [0.25, 0.3) is 0 Å². The second-order valence-electron chi connectivity index (χ2n) is 2.34. The number of carbonyl (C=O) groups is 1. The van der Waals surface area contributed by atoms with Gasteiger partial charge < -0.3 is 10.5 Å². The highest BCUT2D eigenvalue weighted by Crippen LogP contribution is 2.23. The molecule has 0 unspecified atom stereocenters. The summed E-state index contributed by atoms with van der Waals surface area (Å²) in [6.45, 7) is 0. The molecule has 13 heavy (non-hydrogen) atoms. The molecule has 0 bridgehead atoms. The van der Waals surface area contributed by atoms with E-state index in [1.165, 1.54) is 7.11 Å². The molecule has 2 N–H and O–H groups in total. The number of halogens is 2. The molecular formula is C8H7I2NO2. The van der Waals surface area contributed by atoms with E-state index in [9.17, 15) is 4.79 Å². The smallest absolute Gasteiger partial charge is 0.341 e. The Morgan fingerprint density at radius 3 is 2.54 bits per heavy atom. The third kappa shape index (κ3) is 2.46. The lowest BCUT2D eigenvalue weighted by Gasteiger charge is -2.06. The first kappa shape index (κ1) is 11.0. The number of carbonyl (C=O) groups excluding carboxylic acids is 1. The summed E-state index contributed by atoms with van der Waals surface area (Å²) >= 11 is 4.21. The standard InChI is InChI=1S/C8H7I2NO2/c1-13-8(12)7-5(10)2-4(9)3-6(7)11/h2-3H,11H2,1H3. The Kier molecular flexibility index (Phi) is 3.77. The maximum Gasteiger partial charge on any atom is 0.341 e. The summed E-state index contributed by atoms with van der Waals surface area (Å²) in [5, 5.41) is 0. The van der Waals surface area contributed by atoms with Gasteiger partial charge in [0.2, 0.25) is 0 Å². The average molecular weight is 403 g/mol. The number of benzene rings is 1. The van der Waals surface area contributed by atoms with E-state index in [0.717, 1.165) is 7.14 Å². The topological polar surface area (TPSA) is 52.3 Å². The summed E-state index contributed by atoms with van der Waals surface area (Å²) in [7, 11) is 1.34. The molecule has 70 valence electrons. The second kappa shape index (κ2) is 4.45. The minimum Gasteiger partial charge on any atom is -0.465 e. The first-order chi connectivity index (χ1) is 6.06. The Labute approximate surface area is 103 Å². The summed E-state index contributed by atoms with van der Waals surface area (Å²) in [6, 6.07) is 3.62. The van der Waals surface area contributed by atoms with Crippen LogP contribution >= 0.6 is 45.2 Å². The summed E-state index contributed by atoms with van der Waals surface area (Å²) in [4.78, 5) is 11.3. The van der Waals surface area contributed by atoms with E-state index >= 15 is 0 Å². The lowest BCUT2D eigenvalue weighted by atomic mass is 10.2. The van der Waals surface area contributed by atoms with Crippen molar-refractivity contribution in [3.05, 3.63) is 24.8 Å². The van der Waals surface area contributed by atoms with Gasteiger partial charge in [-0.25, -0.2) is 4.79 Å². The largest absolute Gasteiger partial charge is 0.465 e. The van der Waals surface area contributed by atoms with Crippen molar-refractivity contribution >= 4 is 56.8 Å². The molecule has 5 heteroatoms. The summed E-state index contributed by atoms with van der Waals surface area (Å²) in [6.07, 6.45) is 0. The average Bonchev–Trinajstić information content (AvgIpc) is 2.02. The Hall–Kier alpha value is -0.0500. The SMILES string of the molecule is COC(=O)c1c(N)cc(I)cc1I. The van der Waals surface area contributed by atoms with E-state index in [-0.39, 0.29) is 0 Å². The summed E-state index contributed by atoms with van der Waals surface area (Å²) in [5.41, 5.74) is 6.60. The number of anilines is 1. The van der Waals surface area contributed by atoms with Crippen LogP contribution in [0.3, 0.4) is 0 Å². The number of methoxy groups -OCH3 is 1. The van der Waals surface area contributed by atoms with Gasteiger partial charge >= 0.3 is 5.97 Å². The van der Waals surface area contributed by atoms with Crippen LogP contribution in [0.4, 0.5) is 5.69 Å². The van der Waals surface area contributed by atoms with Gasteiger partial charge in [-0.1, -0.05) is 0 Å². The van der Waals surface area contributed by atoms with Crippen molar-refractivity contribution in [2.75, 3.05) is 12.8 Å². The predicted octanol–water partition coefficient (Wildman–Crippen LogP) is 2.26. The van der Waals surface area contributed by atoms with Crippen LogP contribution < -0.4 is 5.73 Å². The zero-order valence-corrected chi connectivity index (χ0v) is 11.1. The Morgan fingerprint density at radius 1 is 1.46 bits per heavy atom. The minimum absolute atomic E-state index is 0.390. The van der Waals surface area contributed by atoms with E-state index in [4.69, 9.17) is 5.73 Å². The quantitative estimate of drug-likeness (QED) is 0.445. The maximum absolute atomic E-state index is 11.3. The summed E-state index contributed by atoms with van der Waals surface area (Å²) < 4.78 is 6.43. The van der Waals surface area contributed by atoms with Crippen LogP contribution in [-0.4, -0.2) is 13.1 Å². The molecule has 0 aliphatic heterocycles. The Bertz CT molecular complexity index is 329. The molecule has 0 fully saturated rings. The zero-order valence-electron chi connectivity index (χ0n) is 6.80. The number of ether oxygens (including phenoxy) is 1. The van der Waals surface area contributed by atoms with E-state index in [1.807, 2.05) is 6.07 Å². The maximum atomic E-state index is 11.3. The molecule has 1 aromatic carbocycles. The van der Waals surface area contributed by atoms with Crippen molar-refractivity contribution in [2.45, 2.75) is 0 Å². The van der Waals surface area contributed by atoms with Crippen LogP contribution in [0, 0.1) is 7.14 Å². The molecule has 1 aromatic rings. The summed E-state index contributed by atoms with van der Waals surface area (Å²) in [5.74, 6) is -0.390. The van der Waals surface area contributed by atoms with Gasteiger partial charge in [-0.2, -0.15) is 0 Å². The first-order valence-electron chi connectivity index (χ1n) is 3.39. The Morgan fingerprint density at radius 2 is 2.08 bits per heavy atom. The van der Waals surface area contributed by atoms with E-state index in [2.05, 4.69) is 49.9 Å². The highest BCUT2D eigenvalue weighted by Gasteiger charge is 2.14. The number of nitrogens with two attached hydrogens (primary N) is 1. The normalized spacial score (nSPS) is 9.77. The van der Waals surface area contributed by atoms with Gasteiger partial charge in [-0.3, -0.25) is 0 Å². The molecule has 0 saturated carbocycles. The molecule has 0 heterocycles. The molecule has 0 atom stereocenters. The first-order valence-corrected chi connectivity index (χ1v) is 5.55. The molecular weight excluding hydrogens is 396 g/mol. The lowest BCUT2D eigenvalue weighted by Crippen LogP contribution is -2.08. The third-order valence-corrected chi connectivity index (χ3v) is 2.95. The predicted molar refractivity (Wildman–Crippen MR) is 67.6 cm³/mol. The van der Waals surface area contributed by atoms with Crippen LogP contribution in [0.25, 0.3) is 0 Å². The zero-order chi connectivity index (χ0) is 10.0. The van der Waals surface area contributed by atoms with Crippen molar-refractivity contribution in [1.29, 1.82) is 0 Å². The molecule has 0 aliphatic carbocycles. The molecule has 0 aliphatic rings. The van der Waals surface area contributed by atoms with Crippen LogP contribution in [0.15, 0.2) is 12.1 Å². The van der Waals surface area contributed by atoms with Crippen molar-refractivity contribution < 1.29 is 9.53 Å². The van der Waals surface area contributed by atoms with E-state index in [1.54, 1.807) is 6.07 Å². The van der Waals surface area contributed by atoms with Crippen molar-refractivity contribution in [1.82, 2.24) is 0 Å². The molecule has 0 aromatic heterocycles. The van der Waals surface area contributed by atoms with Crippen LogP contribution in [-0.2, 0) is 4.74 Å². The van der Waals surface area contributed by atoms with Crippen LogP contribution in [0.1, 0.15) is 10.4 Å². The van der Waals surface area contributed by atoms with Crippen LogP contribution in [0.2, 0.25) is 0 Å². The van der Waals surface area contributed by atoms with Gasteiger partial charge in [0.15, 0.2) is 0 Å². The Balaban J connectivity index is 3.28.